The third-order valence-electron chi connectivity index (χ3n) is 2.62. The van der Waals surface area contributed by atoms with E-state index < -0.39 is 0 Å². The maximum absolute atomic E-state index is 4.45. The summed E-state index contributed by atoms with van der Waals surface area (Å²) in [6.45, 7) is 11.3. The van der Waals surface area contributed by atoms with Crippen LogP contribution in [0.5, 0.6) is 0 Å². The molecule has 0 bridgehead atoms. The fraction of sp³-hybridized carbons (Fsp3) is 0.750. The van der Waals surface area contributed by atoms with Crippen molar-refractivity contribution < 1.29 is 0 Å². The lowest BCUT2D eigenvalue weighted by Gasteiger charge is -2.18. The van der Waals surface area contributed by atoms with E-state index in [4.69, 9.17) is 0 Å². The lowest BCUT2D eigenvalue weighted by Crippen LogP contribution is -2.25. The monoisotopic (exact) mass is 237 g/mol. The Kier molecular flexibility index (Phi) is 5.66. The van der Waals surface area contributed by atoms with E-state index in [9.17, 15) is 0 Å². The van der Waals surface area contributed by atoms with Crippen LogP contribution in [0.1, 0.15) is 34.1 Å². The van der Waals surface area contributed by atoms with Crippen LogP contribution in [0.25, 0.3) is 0 Å². The van der Waals surface area contributed by atoms with Crippen LogP contribution >= 0.6 is 0 Å². The highest BCUT2D eigenvalue weighted by Gasteiger charge is 2.06. The van der Waals surface area contributed by atoms with Crippen molar-refractivity contribution in [2.45, 2.75) is 34.1 Å². The first-order valence-electron chi connectivity index (χ1n) is 6.35. The molecular formula is C12H23N5. The van der Waals surface area contributed by atoms with Crippen LogP contribution < -0.4 is 10.2 Å². The van der Waals surface area contributed by atoms with Gasteiger partial charge in [0.15, 0.2) is 5.82 Å². The highest BCUT2D eigenvalue weighted by molar-refractivity contribution is 5.38. The highest BCUT2D eigenvalue weighted by atomic mass is 15.3. The summed E-state index contributed by atoms with van der Waals surface area (Å²) in [5.74, 6) is 2.20. The number of anilines is 2. The predicted octanol–water partition coefficient (Wildman–Crippen LogP) is 2.18. The average molecular weight is 237 g/mol. The number of rotatable bonds is 7. The van der Waals surface area contributed by atoms with Gasteiger partial charge in [-0.15, -0.1) is 5.10 Å². The van der Waals surface area contributed by atoms with Gasteiger partial charge < -0.3 is 10.2 Å². The van der Waals surface area contributed by atoms with E-state index in [2.05, 4.69) is 53.1 Å². The van der Waals surface area contributed by atoms with Crippen LogP contribution in [0, 0.1) is 5.92 Å². The molecule has 0 saturated carbocycles. The van der Waals surface area contributed by atoms with Gasteiger partial charge in [-0.25, -0.2) is 0 Å². The highest BCUT2D eigenvalue weighted by Crippen LogP contribution is 2.09. The Morgan fingerprint density at radius 1 is 1.29 bits per heavy atom. The summed E-state index contributed by atoms with van der Waals surface area (Å²) in [5.41, 5.74) is 0. The van der Waals surface area contributed by atoms with Gasteiger partial charge in [0.2, 0.25) is 5.95 Å². The molecular weight excluding hydrogens is 214 g/mol. The molecule has 17 heavy (non-hydrogen) atoms. The summed E-state index contributed by atoms with van der Waals surface area (Å²) >= 11 is 0. The molecule has 0 fully saturated rings. The molecule has 1 rings (SSSR count). The maximum Gasteiger partial charge on any atom is 0.247 e. The van der Waals surface area contributed by atoms with Crippen molar-refractivity contribution in [3.63, 3.8) is 0 Å². The predicted molar refractivity (Wildman–Crippen MR) is 71.3 cm³/mol. The Hall–Kier alpha value is -1.39. The summed E-state index contributed by atoms with van der Waals surface area (Å²) in [4.78, 5) is 6.54. The van der Waals surface area contributed by atoms with Crippen LogP contribution in [0.3, 0.4) is 0 Å². The first-order valence-corrected chi connectivity index (χ1v) is 6.35. The molecule has 1 aromatic heterocycles. The Bertz CT molecular complexity index is 322. The van der Waals surface area contributed by atoms with E-state index in [0.29, 0.717) is 11.9 Å². The number of hydrogen-bond donors (Lipinski definition) is 1. The van der Waals surface area contributed by atoms with Gasteiger partial charge in [0, 0.05) is 19.6 Å². The van der Waals surface area contributed by atoms with Gasteiger partial charge in [-0.3, -0.25) is 0 Å². The second-order valence-electron chi connectivity index (χ2n) is 4.42. The third-order valence-corrected chi connectivity index (χ3v) is 2.62. The zero-order chi connectivity index (χ0) is 12.7. The fourth-order valence-electron chi connectivity index (χ4n) is 1.51. The summed E-state index contributed by atoms with van der Waals surface area (Å²) in [5, 5.41) is 11.3. The molecule has 0 amide bonds. The fourth-order valence-corrected chi connectivity index (χ4v) is 1.51. The molecule has 0 radical (unpaired) electrons. The van der Waals surface area contributed by atoms with Crippen molar-refractivity contribution in [3.8, 4) is 0 Å². The number of nitrogens with zero attached hydrogens (tertiary/aromatic N) is 4. The van der Waals surface area contributed by atoms with E-state index in [1.165, 1.54) is 0 Å². The summed E-state index contributed by atoms with van der Waals surface area (Å²) < 4.78 is 0. The SMILES string of the molecule is CCN(CC)c1nncc(NCCC(C)C)n1. The summed E-state index contributed by atoms with van der Waals surface area (Å²) in [6.07, 6.45) is 2.80. The van der Waals surface area contributed by atoms with Gasteiger partial charge in [0.1, 0.15) is 0 Å². The van der Waals surface area contributed by atoms with Crippen LogP contribution in [-0.2, 0) is 0 Å². The van der Waals surface area contributed by atoms with Gasteiger partial charge in [-0.05, 0) is 26.2 Å². The first-order chi connectivity index (χ1) is 8.17. The lowest BCUT2D eigenvalue weighted by molar-refractivity contribution is 0.606. The van der Waals surface area contributed by atoms with Gasteiger partial charge >= 0.3 is 0 Å². The van der Waals surface area contributed by atoms with Crippen molar-refractivity contribution in [2.75, 3.05) is 29.9 Å². The van der Waals surface area contributed by atoms with E-state index >= 15 is 0 Å². The third kappa shape index (κ3) is 4.54. The minimum Gasteiger partial charge on any atom is -0.369 e. The molecule has 1 N–H and O–H groups in total. The maximum atomic E-state index is 4.45. The van der Waals surface area contributed by atoms with E-state index in [-0.39, 0.29) is 0 Å². The van der Waals surface area contributed by atoms with E-state index in [0.717, 1.165) is 31.9 Å². The summed E-state index contributed by atoms with van der Waals surface area (Å²) in [7, 11) is 0. The molecule has 5 nitrogen and oxygen atoms in total. The standard InChI is InChI=1S/C12H23N5/c1-5-17(6-2)12-15-11(9-14-16-12)13-8-7-10(3)4/h9-10H,5-8H2,1-4H3,(H,13,15,16). The minimum absolute atomic E-state index is 0.694. The van der Waals surface area contributed by atoms with Crippen LogP contribution in [-0.4, -0.2) is 34.8 Å². The quantitative estimate of drug-likeness (QED) is 0.787. The number of nitrogens with one attached hydrogen (secondary N) is 1. The van der Waals surface area contributed by atoms with Crippen LogP contribution in [0.2, 0.25) is 0 Å². The molecule has 1 aromatic rings. The molecule has 0 spiro atoms. The minimum atomic E-state index is 0.694. The molecule has 0 unspecified atom stereocenters. The smallest absolute Gasteiger partial charge is 0.247 e. The van der Waals surface area contributed by atoms with Crippen molar-refractivity contribution >= 4 is 11.8 Å². The van der Waals surface area contributed by atoms with Crippen molar-refractivity contribution in [2.24, 2.45) is 5.92 Å². The lowest BCUT2D eigenvalue weighted by atomic mass is 10.1. The zero-order valence-electron chi connectivity index (χ0n) is 11.3. The second kappa shape index (κ2) is 7.04. The zero-order valence-corrected chi connectivity index (χ0v) is 11.3. The van der Waals surface area contributed by atoms with E-state index in [1.807, 2.05) is 0 Å². The normalized spacial score (nSPS) is 10.6. The van der Waals surface area contributed by atoms with Gasteiger partial charge in [-0.1, -0.05) is 13.8 Å². The Morgan fingerprint density at radius 2 is 2.00 bits per heavy atom. The topological polar surface area (TPSA) is 53.9 Å². The molecule has 0 aliphatic carbocycles. The van der Waals surface area contributed by atoms with Gasteiger partial charge in [-0.2, -0.15) is 10.1 Å². The van der Waals surface area contributed by atoms with Crippen molar-refractivity contribution in [1.82, 2.24) is 15.2 Å². The van der Waals surface area contributed by atoms with Crippen LogP contribution in [0.15, 0.2) is 6.20 Å². The second-order valence-corrected chi connectivity index (χ2v) is 4.42. The number of hydrogen-bond acceptors (Lipinski definition) is 5. The van der Waals surface area contributed by atoms with E-state index in [1.54, 1.807) is 6.20 Å². The molecule has 5 heteroatoms. The molecule has 0 atom stereocenters. The molecule has 96 valence electrons. The Morgan fingerprint density at radius 3 is 2.59 bits per heavy atom. The van der Waals surface area contributed by atoms with Crippen molar-refractivity contribution in [1.29, 1.82) is 0 Å². The average Bonchev–Trinajstić information content (AvgIpc) is 2.31. The Labute approximate surface area is 104 Å². The number of aromatic nitrogens is 3. The van der Waals surface area contributed by atoms with Crippen LogP contribution in [0.4, 0.5) is 11.8 Å². The van der Waals surface area contributed by atoms with Gasteiger partial charge in [0.25, 0.3) is 0 Å². The molecule has 0 aliphatic heterocycles. The first kappa shape index (κ1) is 13.7. The molecule has 0 aromatic carbocycles. The molecule has 0 aliphatic rings. The largest absolute Gasteiger partial charge is 0.369 e. The summed E-state index contributed by atoms with van der Waals surface area (Å²) in [6, 6.07) is 0. The molecule has 1 heterocycles. The van der Waals surface area contributed by atoms with Gasteiger partial charge in [0.05, 0.1) is 6.20 Å². The van der Waals surface area contributed by atoms with Crippen molar-refractivity contribution in [3.05, 3.63) is 6.20 Å². The molecule has 0 saturated heterocycles. The Balaban J connectivity index is 2.59.